The predicted octanol–water partition coefficient (Wildman–Crippen LogP) is 1.90. The molecule has 1 rings (SSSR count). The van der Waals surface area contributed by atoms with E-state index in [1.165, 1.54) is 6.07 Å². The van der Waals surface area contributed by atoms with Crippen LogP contribution in [0.15, 0.2) is 12.1 Å². The number of anilines is 2. The molecule has 84 valence electrons. The molecule has 0 fully saturated rings. The van der Waals surface area contributed by atoms with Gasteiger partial charge in [0.15, 0.2) is 0 Å². The lowest BCUT2D eigenvalue weighted by molar-refractivity contribution is 0.183. The van der Waals surface area contributed by atoms with Crippen molar-refractivity contribution in [2.24, 2.45) is 0 Å². The summed E-state index contributed by atoms with van der Waals surface area (Å²) in [6.07, 6.45) is 0.266. The third-order valence-corrected chi connectivity index (χ3v) is 2.33. The Kier molecular flexibility index (Phi) is 3.91. The van der Waals surface area contributed by atoms with E-state index in [-0.39, 0.29) is 5.82 Å². The average molecular weight is 212 g/mol. The van der Waals surface area contributed by atoms with Crippen molar-refractivity contribution in [1.82, 2.24) is 0 Å². The van der Waals surface area contributed by atoms with Crippen LogP contribution in [0.1, 0.15) is 18.9 Å². The van der Waals surface area contributed by atoms with E-state index in [1.54, 1.807) is 13.0 Å². The highest BCUT2D eigenvalue weighted by atomic mass is 19.1. The lowest BCUT2D eigenvalue weighted by atomic mass is 10.1. The van der Waals surface area contributed by atoms with Crippen LogP contribution < -0.4 is 11.1 Å². The molecule has 1 aromatic carbocycles. The maximum Gasteiger partial charge on any atom is 0.128 e. The quantitative estimate of drug-likeness (QED) is 0.668. The van der Waals surface area contributed by atoms with E-state index in [4.69, 9.17) is 5.73 Å². The molecule has 0 heterocycles. The molecule has 3 nitrogen and oxygen atoms in total. The number of halogens is 1. The van der Waals surface area contributed by atoms with Crippen LogP contribution in [-0.2, 0) is 0 Å². The Morgan fingerprint density at radius 2 is 2.20 bits per heavy atom. The largest absolute Gasteiger partial charge is 0.397 e. The van der Waals surface area contributed by atoms with Gasteiger partial charge < -0.3 is 16.2 Å². The van der Waals surface area contributed by atoms with Gasteiger partial charge in [0.2, 0.25) is 0 Å². The van der Waals surface area contributed by atoms with Crippen LogP contribution in [0.25, 0.3) is 0 Å². The fraction of sp³-hybridized carbons (Fsp3) is 0.455. The topological polar surface area (TPSA) is 58.3 Å². The smallest absolute Gasteiger partial charge is 0.128 e. The number of nitrogens with two attached hydrogens (primary N) is 1. The van der Waals surface area contributed by atoms with Crippen molar-refractivity contribution in [3.8, 4) is 0 Å². The van der Waals surface area contributed by atoms with Crippen molar-refractivity contribution < 1.29 is 9.50 Å². The number of hydrogen-bond donors (Lipinski definition) is 3. The Bertz CT molecular complexity index is 342. The number of benzene rings is 1. The summed E-state index contributed by atoms with van der Waals surface area (Å²) in [7, 11) is 0. The zero-order chi connectivity index (χ0) is 11.4. The molecule has 0 radical (unpaired) electrons. The predicted molar refractivity (Wildman–Crippen MR) is 60.3 cm³/mol. The summed E-state index contributed by atoms with van der Waals surface area (Å²) in [4.78, 5) is 0. The minimum absolute atomic E-state index is 0.311. The minimum atomic E-state index is -0.408. The number of nitrogens with one attached hydrogen (secondary N) is 1. The highest BCUT2D eigenvalue weighted by Gasteiger charge is 2.06. The fourth-order valence-corrected chi connectivity index (χ4v) is 1.22. The van der Waals surface area contributed by atoms with Gasteiger partial charge in [-0.25, -0.2) is 4.39 Å². The first-order chi connectivity index (χ1) is 7.04. The van der Waals surface area contributed by atoms with Crippen LogP contribution in [-0.4, -0.2) is 17.8 Å². The third kappa shape index (κ3) is 3.09. The average Bonchev–Trinajstić information content (AvgIpc) is 2.21. The monoisotopic (exact) mass is 212 g/mol. The molecule has 1 aromatic rings. The zero-order valence-electron chi connectivity index (χ0n) is 9.05. The van der Waals surface area contributed by atoms with Gasteiger partial charge in [0.1, 0.15) is 5.82 Å². The van der Waals surface area contributed by atoms with Crippen LogP contribution in [0.5, 0.6) is 0 Å². The number of aliphatic hydroxyl groups excluding tert-OH is 1. The lowest BCUT2D eigenvalue weighted by Crippen LogP contribution is -2.18. The molecule has 0 spiro atoms. The van der Waals surface area contributed by atoms with Gasteiger partial charge in [-0.1, -0.05) is 6.92 Å². The molecule has 0 aliphatic rings. The Hall–Kier alpha value is -1.29. The summed E-state index contributed by atoms with van der Waals surface area (Å²) in [6, 6.07) is 2.93. The molecule has 4 heteroatoms. The summed E-state index contributed by atoms with van der Waals surface area (Å²) in [6.45, 7) is 3.99. The SMILES string of the molecule is CCC(O)CNc1cc(C)c(F)cc1N. The molecule has 0 bridgehead atoms. The van der Waals surface area contributed by atoms with Gasteiger partial charge in [0.05, 0.1) is 17.5 Å². The van der Waals surface area contributed by atoms with Gasteiger partial charge in [-0.2, -0.15) is 0 Å². The van der Waals surface area contributed by atoms with Crippen LogP contribution in [0, 0.1) is 12.7 Å². The van der Waals surface area contributed by atoms with Crippen LogP contribution in [0.4, 0.5) is 15.8 Å². The Balaban J connectivity index is 2.73. The van der Waals surface area contributed by atoms with E-state index in [2.05, 4.69) is 5.32 Å². The molecule has 0 aliphatic heterocycles. The van der Waals surface area contributed by atoms with Crippen molar-refractivity contribution in [1.29, 1.82) is 0 Å². The first kappa shape index (κ1) is 11.8. The van der Waals surface area contributed by atoms with Gasteiger partial charge >= 0.3 is 0 Å². The third-order valence-electron chi connectivity index (χ3n) is 2.33. The molecule has 1 atom stereocenters. The van der Waals surface area contributed by atoms with Crippen molar-refractivity contribution in [2.75, 3.05) is 17.6 Å². The lowest BCUT2D eigenvalue weighted by Gasteiger charge is -2.13. The zero-order valence-corrected chi connectivity index (χ0v) is 9.05. The molecule has 0 aliphatic carbocycles. The molecule has 0 saturated heterocycles. The van der Waals surface area contributed by atoms with E-state index in [0.29, 0.717) is 29.9 Å². The minimum Gasteiger partial charge on any atom is -0.397 e. The second-order valence-corrected chi connectivity index (χ2v) is 3.63. The fourth-order valence-electron chi connectivity index (χ4n) is 1.22. The van der Waals surface area contributed by atoms with Gasteiger partial charge in [-0.15, -0.1) is 0 Å². The Morgan fingerprint density at radius 3 is 2.80 bits per heavy atom. The molecule has 4 N–H and O–H groups in total. The number of hydrogen-bond acceptors (Lipinski definition) is 3. The van der Waals surface area contributed by atoms with Crippen molar-refractivity contribution in [3.63, 3.8) is 0 Å². The highest BCUT2D eigenvalue weighted by Crippen LogP contribution is 2.22. The molecular weight excluding hydrogens is 195 g/mol. The van der Waals surface area contributed by atoms with Gasteiger partial charge in [0, 0.05) is 6.54 Å². The van der Waals surface area contributed by atoms with E-state index in [0.717, 1.165) is 0 Å². The number of aliphatic hydroxyl groups is 1. The summed E-state index contributed by atoms with van der Waals surface area (Å²) in [5.41, 5.74) is 7.20. The summed E-state index contributed by atoms with van der Waals surface area (Å²) < 4.78 is 13.1. The summed E-state index contributed by atoms with van der Waals surface area (Å²) >= 11 is 0. The number of nitrogen functional groups attached to an aromatic ring is 1. The second-order valence-electron chi connectivity index (χ2n) is 3.63. The number of aryl methyl sites for hydroxylation is 1. The van der Waals surface area contributed by atoms with Gasteiger partial charge in [-0.05, 0) is 31.0 Å². The van der Waals surface area contributed by atoms with Crippen LogP contribution >= 0.6 is 0 Å². The van der Waals surface area contributed by atoms with Crippen molar-refractivity contribution >= 4 is 11.4 Å². The van der Waals surface area contributed by atoms with Gasteiger partial charge in [-0.3, -0.25) is 0 Å². The van der Waals surface area contributed by atoms with E-state index < -0.39 is 6.10 Å². The molecule has 0 aromatic heterocycles. The van der Waals surface area contributed by atoms with Crippen LogP contribution in [0.3, 0.4) is 0 Å². The maximum absolute atomic E-state index is 13.1. The Labute approximate surface area is 89.1 Å². The highest BCUT2D eigenvalue weighted by molar-refractivity contribution is 5.67. The van der Waals surface area contributed by atoms with E-state index in [1.807, 2.05) is 6.92 Å². The van der Waals surface area contributed by atoms with Crippen LogP contribution in [0.2, 0.25) is 0 Å². The molecule has 0 amide bonds. The number of rotatable bonds is 4. The molecular formula is C11H17FN2O. The second kappa shape index (κ2) is 4.98. The molecule has 15 heavy (non-hydrogen) atoms. The Morgan fingerprint density at radius 1 is 1.53 bits per heavy atom. The van der Waals surface area contributed by atoms with E-state index in [9.17, 15) is 9.50 Å². The van der Waals surface area contributed by atoms with E-state index >= 15 is 0 Å². The van der Waals surface area contributed by atoms with Crippen molar-refractivity contribution in [3.05, 3.63) is 23.5 Å². The molecule has 0 saturated carbocycles. The van der Waals surface area contributed by atoms with Crippen molar-refractivity contribution in [2.45, 2.75) is 26.4 Å². The van der Waals surface area contributed by atoms with Gasteiger partial charge in [0.25, 0.3) is 0 Å². The summed E-state index contributed by atoms with van der Waals surface area (Å²) in [5, 5.41) is 12.3. The standard InChI is InChI=1S/C11H17FN2O/c1-3-8(15)6-14-11-4-7(2)9(12)5-10(11)13/h4-5,8,14-15H,3,6,13H2,1-2H3. The maximum atomic E-state index is 13.1. The summed E-state index contributed by atoms with van der Waals surface area (Å²) in [5.74, 6) is -0.311. The first-order valence-electron chi connectivity index (χ1n) is 5.02. The molecule has 1 unspecified atom stereocenters. The first-order valence-corrected chi connectivity index (χ1v) is 5.02. The normalized spacial score (nSPS) is 12.5.